The van der Waals surface area contributed by atoms with Crippen molar-refractivity contribution in [2.75, 3.05) is 11.9 Å². The number of halogens is 1. The number of hydrogen-bond acceptors (Lipinski definition) is 6. The van der Waals surface area contributed by atoms with Gasteiger partial charge in [0.1, 0.15) is 6.10 Å². The van der Waals surface area contributed by atoms with Crippen LogP contribution in [0, 0.1) is 5.82 Å². The second-order valence-electron chi connectivity index (χ2n) is 8.12. The molecule has 29 heavy (non-hydrogen) atoms. The Morgan fingerprint density at radius 2 is 2.14 bits per heavy atom. The van der Waals surface area contributed by atoms with Gasteiger partial charge < -0.3 is 20.1 Å². The van der Waals surface area contributed by atoms with E-state index in [9.17, 15) is 9.18 Å². The van der Waals surface area contributed by atoms with Crippen molar-refractivity contribution in [2.45, 2.75) is 63.6 Å². The monoisotopic (exact) mass is 403 g/mol. The molecule has 0 aromatic carbocycles. The molecule has 8 nitrogen and oxygen atoms in total. The van der Waals surface area contributed by atoms with E-state index in [1.54, 1.807) is 0 Å². The van der Waals surface area contributed by atoms with Crippen molar-refractivity contribution in [1.29, 1.82) is 0 Å². The smallest absolute Gasteiger partial charge is 0.407 e. The van der Waals surface area contributed by atoms with E-state index in [0.29, 0.717) is 31.1 Å². The second-order valence-corrected chi connectivity index (χ2v) is 8.12. The van der Waals surface area contributed by atoms with Crippen LogP contribution in [0.25, 0.3) is 0 Å². The highest BCUT2D eigenvalue weighted by atomic mass is 19.1. The molecule has 0 saturated heterocycles. The van der Waals surface area contributed by atoms with Crippen molar-refractivity contribution in [3.05, 3.63) is 29.8 Å². The van der Waals surface area contributed by atoms with E-state index in [2.05, 4.69) is 32.7 Å². The summed E-state index contributed by atoms with van der Waals surface area (Å²) in [7, 11) is 0. The lowest BCUT2D eigenvalue weighted by Crippen LogP contribution is -2.30. The molecule has 2 unspecified atom stereocenters. The van der Waals surface area contributed by atoms with Gasteiger partial charge >= 0.3 is 6.09 Å². The average molecular weight is 403 g/mol. The number of pyridine rings is 1. The van der Waals surface area contributed by atoms with Crippen molar-refractivity contribution in [1.82, 2.24) is 20.5 Å². The number of ether oxygens (including phenoxy) is 2. The summed E-state index contributed by atoms with van der Waals surface area (Å²) < 4.78 is 25.6. The quantitative estimate of drug-likeness (QED) is 0.619. The van der Waals surface area contributed by atoms with Gasteiger partial charge in [-0.25, -0.2) is 14.2 Å². The number of fused-ring (bicyclic) bond motifs is 7. The van der Waals surface area contributed by atoms with E-state index in [0.717, 1.165) is 31.2 Å². The molecule has 1 aliphatic carbocycles. The van der Waals surface area contributed by atoms with E-state index in [4.69, 9.17) is 9.47 Å². The Morgan fingerprint density at radius 3 is 3.00 bits per heavy atom. The predicted molar refractivity (Wildman–Crippen MR) is 105 cm³/mol. The van der Waals surface area contributed by atoms with Crippen molar-refractivity contribution in [3.8, 4) is 5.88 Å². The molecule has 156 valence electrons. The molecule has 0 spiro atoms. The molecule has 3 N–H and O–H groups in total. The van der Waals surface area contributed by atoms with E-state index >= 15 is 0 Å². The predicted octanol–water partition coefficient (Wildman–Crippen LogP) is 3.78. The van der Waals surface area contributed by atoms with Gasteiger partial charge in [-0.05, 0) is 39.0 Å². The number of hydrogen-bond donors (Lipinski definition) is 3. The molecule has 2 aromatic heterocycles. The topological polar surface area (TPSA) is 101 Å². The second kappa shape index (κ2) is 7.88. The van der Waals surface area contributed by atoms with Gasteiger partial charge in [-0.2, -0.15) is 5.10 Å². The van der Waals surface area contributed by atoms with Gasteiger partial charge in [0.05, 0.1) is 18.0 Å². The Labute approximate surface area is 168 Å². The molecule has 6 bridgehead atoms. The maximum absolute atomic E-state index is 14.2. The summed E-state index contributed by atoms with van der Waals surface area (Å²) in [6.07, 6.45) is 4.30. The summed E-state index contributed by atoms with van der Waals surface area (Å²) in [5, 5.41) is 13.1. The van der Waals surface area contributed by atoms with Crippen LogP contribution in [0.2, 0.25) is 0 Å². The Hall–Kier alpha value is -2.84. The summed E-state index contributed by atoms with van der Waals surface area (Å²) in [4.78, 5) is 16.1. The molecule has 2 aromatic rings. The molecule has 3 atom stereocenters. The minimum atomic E-state index is -0.479. The number of aromatic nitrogens is 3. The van der Waals surface area contributed by atoms with E-state index in [1.807, 2.05) is 13.0 Å². The van der Waals surface area contributed by atoms with Gasteiger partial charge in [-0.15, -0.1) is 0 Å². The minimum Gasteiger partial charge on any atom is -0.475 e. The number of rotatable bonds is 0. The summed E-state index contributed by atoms with van der Waals surface area (Å²) >= 11 is 0. The molecule has 1 saturated carbocycles. The van der Waals surface area contributed by atoms with Crippen LogP contribution in [0.15, 0.2) is 18.3 Å². The van der Waals surface area contributed by atoms with Crippen molar-refractivity contribution < 1.29 is 18.7 Å². The lowest BCUT2D eigenvalue weighted by molar-refractivity contribution is 0.0971. The standard InChI is InChI=1S/C20H26FN5O3/c1-12-4-3-7-22-19(27)29-13-5-6-20(2,10-13)16-9-17(26-25-16)24-15-8-18(28-12)23-11-14(15)21/h8-9,11-13H,3-7,10H2,1-2H3,(H,22,27)(H2,24,25,26)/t12-,13?,20?/m0/s1. The van der Waals surface area contributed by atoms with Crippen LogP contribution in [0.4, 0.5) is 20.7 Å². The van der Waals surface area contributed by atoms with Gasteiger partial charge in [0.2, 0.25) is 5.88 Å². The Bertz CT molecular complexity index is 889. The number of H-pyrrole nitrogens is 1. The molecule has 9 heteroatoms. The van der Waals surface area contributed by atoms with Gasteiger partial charge in [0, 0.05) is 29.8 Å². The number of carbonyl (C=O) groups is 1. The van der Waals surface area contributed by atoms with Crippen LogP contribution in [0.3, 0.4) is 0 Å². The maximum atomic E-state index is 14.2. The van der Waals surface area contributed by atoms with Crippen LogP contribution in [-0.4, -0.2) is 40.0 Å². The molecule has 4 rings (SSSR count). The normalized spacial score (nSPS) is 27.6. The number of anilines is 2. The Morgan fingerprint density at radius 1 is 1.28 bits per heavy atom. The van der Waals surface area contributed by atoms with Crippen molar-refractivity contribution in [2.24, 2.45) is 0 Å². The highest BCUT2D eigenvalue weighted by Gasteiger charge is 2.39. The van der Waals surface area contributed by atoms with Gasteiger partial charge in [0.15, 0.2) is 11.6 Å². The Kier molecular flexibility index (Phi) is 5.29. The van der Waals surface area contributed by atoms with Crippen LogP contribution < -0.4 is 15.4 Å². The van der Waals surface area contributed by atoms with Crippen LogP contribution >= 0.6 is 0 Å². The molecule has 1 aliphatic heterocycles. The zero-order valence-electron chi connectivity index (χ0n) is 16.6. The fraction of sp³-hybridized carbons (Fsp3) is 0.550. The molecule has 2 aliphatic rings. The number of amides is 1. The van der Waals surface area contributed by atoms with Crippen LogP contribution in [0.1, 0.15) is 51.6 Å². The fourth-order valence-corrected chi connectivity index (χ4v) is 3.98. The zero-order chi connectivity index (χ0) is 20.4. The van der Waals surface area contributed by atoms with Gasteiger partial charge in [-0.3, -0.25) is 5.10 Å². The summed E-state index contributed by atoms with van der Waals surface area (Å²) in [6.45, 7) is 4.53. The zero-order valence-corrected chi connectivity index (χ0v) is 16.6. The van der Waals surface area contributed by atoms with Crippen LogP contribution in [-0.2, 0) is 10.2 Å². The van der Waals surface area contributed by atoms with Gasteiger partial charge in [0.25, 0.3) is 0 Å². The summed E-state index contributed by atoms with van der Waals surface area (Å²) in [5.74, 6) is 0.358. The third-order valence-electron chi connectivity index (χ3n) is 5.67. The first-order valence-corrected chi connectivity index (χ1v) is 10.0. The van der Waals surface area contributed by atoms with E-state index in [1.165, 1.54) is 6.07 Å². The summed E-state index contributed by atoms with van der Waals surface area (Å²) in [5.41, 5.74) is 0.989. The molecule has 1 fully saturated rings. The number of alkyl carbamates (subject to hydrolysis) is 1. The molecular weight excluding hydrogens is 377 g/mol. The minimum absolute atomic E-state index is 0.134. The number of aromatic amines is 1. The van der Waals surface area contributed by atoms with Crippen molar-refractivity contribution in [3.63, 3.8) is 0 Å². The SMILES string of the molecule is C[C@H]1CCCNC(=O)OC2CCC(C)(C2)c2cc(n[nH]2)Nc2cc(ncc2F)O1. The van der Waals surface area contributed by atoms with E-state index in [-0.39, 0.29) is 29.4 Å². The van der Waals surface area contributed by atoms with Crippen LogP contribution in [0.5, 0.6) is 5.88 Å². The van der Waals surface area contributed by atoms with Gasteiger partial charge in [-0.1, -0.05) is 6.92 Å². The molecular formula is C20H26FN5O3. The fourth-order valence-electron chi connectivity index (χ4n) is 3.98. The van der Waals surface area contributed by atoms with Crippen molar-refractivity contribution >= 4 is 17.6 Å². The third-order valence-corrected chi connectivity index (χ3v) is 5.67. The lowest BCUT2D eigenvalue weighted by atomic mass is 9.85. The first-order chi connectivity index (χ1) is 13.9. The number of nitrogens with one attached hydrogen (secondary N) is 3. The maximum Gasteiger partial charge on any atom is 0.407 e. The largest absolute Gasteiger partial charge is 0.475 e. The van der Waals surface area contributed by atoms with E-state index < -0.39 is 5.82 Å². The molecule has 0 radical (unpaired) electrons. The third kappa shape index (κ3) is 4.44. The Balaban J connectivity index is 1.60. The highest BCUT2D eigenvalue weighted by molar-refractivity contribution is 5.67. The highest BCUT2D eigenvalue weighted by Crippen LogP contribution is 2.42. The lowest BCUT2D eigenvalue weighted by Gasteiger charge is -2.22. The number of nitrogens with zero attached hydrogens (tertiary/aromatic N) is 2. The molecule has 1 amide bonds. The summed E-state index contributed by atoms with van der Waals surface area (Å²) in [6, 6.07) is 3.40. The first-order valence-electron chi connectivity index (χ1n) is 10.0. The first kappa shape index (κ1) is 19.5. The number of carbonyl (C=O) groups excluding carboxylic acids is 1. The average Bonchev–Trinajstić information content (AvgIpc) is 3.29. The molecule has 3 heterocycles.